The van der Waals surface area contributed by atoms with Gasteiger partial charge >= 0.3 is 6.03 Å². The number of benzene rings is 3. The molecule has 1 saturated heterocycles. The van der Waals surface area contributed by atoms with Gasteiger partial charge in [-0.2, -0.15) is 0 Å². The lowest BCUT2D eigenvalue weighted by atomic mass is 10.1. The van der Waals surface area contributed by atoms with Crippen molar-refractivity contribution in [2.45, 2.75) is 19.1 Å². The molecule has 0 aliphatic carbocycles. The SMILES string of the molecule is O=C(Cc1ccc(N2CCNC2=O)cc1)NCCN1Cc2ccccc2O[C@H](c2ccccc2F)C1. The molecule has 0 unspecified atom stereocenters. The maximum absolute atomic E-state index is 14.5. The molecule has 2 N–H and O–H groups in total. The molecular weight excluding hydrogens is 459 g/mol. The zero-order valence-electron chi connectivity index (χ0n) is 20.0. The van der Waals surface area contributed by atoms with Crippen LogP contribution in [0, 0.1) is 5.82 Å². The largest absolute Gasteiger partial charge is 0.484 e. The number of fused-ring (bicyclic) bond motifs is 1. The molecule has 0 radical (unpaired) electrons. The molecular formula is C28H29FN4O3. The number of anilines is 1. The first-order chi connectivity index (χ1) is 17.6. The lowest BCUT2D eigenvalue weighted by Crippen LogP contribution is -2.37. The number of urea groups is 1. The van der Waals surface area contributed by atoms with Crippen LogP contribution in [0.3, 0.4) is 0 Å². The Kier molecular flexibility index (Phi) is 7.13. The number of hydrogen-bond acceptors (Lipinski definition) is 4. The molecule has 36 heavy (non-hydrogen) atoms. The maximum atomic E-state index is 14.5. The molecule has 2 aliphatic heterocycles. The molecule has 2 aliphatic rings. The lowest BCUT2D eigenvalue weighted by Gasteiger charge is -2.24. The second-order valence-electron chi connectivity index (χ2n) is 9.05. The van der Waals surface area contributed by atoms with Crippen LogP contribution in [0.15, 0.2) is 72.8 Å². The zero-order chi connectivity index (χ0) is 24.9. The van der Waals surface area contributed by atoms with E-state index in [1.54, 1.807) is 17.0 Å². The number of nitrogens with zero attached hydrogens (tertiary/aromatic N) is 2. The minimum Gasteiger partial charge on any atom is -0.484 e. The summed E-state index contributed by atoms with van der Waals surface area (Å²) in [5.41, 5.74) is 3.27. The third-order valence-corrected chi connectivity index (χ3v) is 6.53. The van der Waals surface area contributed by atoms with E-state index in [4.69, 9.17) is 4.74 Å². The number of hydrogen-bond donors (Lipinski definition) is 2. The van der Waals surface area contributed by atoms with Crippen LogP contribution in [-0.4, -0.2) is 49.6 Å². The Morgan fingerprint density at radius 3 is 2.61 bits per heavy atom. The number of carbonyl (C=O) groups excluding carboxylic acids is 2. The van der Waals surface area contributed by atoms with Crippen molar-refractivity contribution in [2.24, 2.45) is 0 Å². The second-order valence-corrected chi connectivity index (χ2v) is 9.05. The molecule has 7 nitrogen and oxygen atoms in total. The molecule has 0 bridgehead atoms. The van der Waals surface area contributed by atoms with Gasteiger partial charge in [0.15, 0.2) is 0 Å². The fourth-order valence-electron chi connectivity index (χ4n) is 4.66. The Morgan fingerprint density at radius 1 is 1.06 bits per heavy atom. The summed E-state index contributed by atoms with van der Waals surface area (Å²) in [6.07, 6.45) is -0.183. The summed E-state index contributed by atoms with van der Waals surface area (Å²) in [7, 11) is 0. The molecule has 2 heterocycles. The maximum Gasteiger partial charge on any atom is 0.321 e. The van der Waals surface area contributed by atoms with E-state index in [0.717, 1.165) is 22.6 Å². The Balaban J connectivity index is 1.17. The number of rotatable bonds is 7. The smallest absolute Gasteiger partial charge is 0.321 e. The van der Waals surface area contributed by atoms with Gasteiger partial charge in [0.1, 0.15) is 17.7 Å². The van der Waals surface area contributed by atoms with Crippen molar-refractivity contribution in [2.75, 3.05) is 37.6 Å². The van der Waals surface area contributed by atoms with Gasteiger partial charge in [0.2, 0.25) is 5.91 Å². The van der Waals surface area contributed by atoms with E-state index in [-0.39, 0.29) is 24.2 Å². The minimum absolute atomic E-state index is 0.0706. The Labute approximate surface area is 209 Å². The van der Waals surface area contributed by atoms with Crippen molar-refractivity contribution in [3.63, 3.8) is 0 Å². The highest BCUT2D eigenvalue weighted by molar-refractivity contribution is 5.94. The quantitative estimate of drug-likeness (QED) is 0.533. The average molecular weight is 489 g/mol. The van der Waals surface area contributed by atoms with Crippen molar-refractivity contribution in [3.05, 3.63) is 95.3 Å². The first kappa shape index (κ1) is 23.8. The molecule has 5 rings (SSSR count). The highest BCUT2D eigenvalue weighted by Crippen LogP contribution is 2.31. The first-order valence-corrected chi connectivity index (χ1v) is 12.2. The molecule has 186 valence electrons. The van der Waals surface area contributed by atoms with Gasteiger partial charge in [-0.05, 0) is 29.8 Å². The van der Waals surface area contributed by atoms with E-state index in [2.05, 4.69) is 15.5 Å². The van der Waals surface area contributed by atoms with Gasteiger partial charge in [0.05, 0.1) is 6.42 Å². The lowest BCUT2D eigenvalue weighted by molar-refractivity contribution is -0.120. The van der Waals surface area contributed by atoms with Crippen molar-refractivity contribution < 1.29 is 18.7 Å². The molecule has 0 spiro atoms. The standard InChI is InChI=1S/C28H29FN4O3/c29-24-7-3-2-6-23(24)26-19-32(18-21-5-1-4-8-25(21)36-26)15-13-30-27(34)17-20-9-11-22(12-10-20)33-16-14-31-28(33)35/h1-12,26H,13-19H2,(H,30,34)(H,31,35)/t26-/m0/s1. The number of ether oxygens (including phenoxy) is 1. The van der Waals surface area contributed by atoms with Crippen LogP contribution in [0.1, 0.15) is 22.8 Å². The van der Waals surface area contributed by atoms with Crippen molar-refractivity contribution in [1.29, 1.82) is 0 Å². The third kappa shape index (κ3) is 5.49. The summed E-state index contributed by atoms with van der Waals surface area (Å²) in [6, 6.07) is 21.9. The van der Waals surface area contributed by atoms with Crippen LogP contribution in [0.2, 0.25) is 0 Å². The number of amides is 3. The van der Waals surface area contributed by atoms with E-state index in [1.807, 2.05) is 54.6 Å². The highest BCUT2D eigenvalue weighted by atomic mass is 19.1. The Bertz CT molecular complexity index is 1230. The van der Waals surface area contributed by atoms with Crippen molar-refractivity contribution in [1.82, 2.24) is 15.5 Å². The summed E-state index contributed by atoms with van der Waals surface area (Å²) in [4.78, 5) is 28.2. The molecule has 1 atom stereocenters. The van der Waals surface area contributed by atoms with Crippen molar-refractivity contribution >= 4 is 17.6 Å². The summed E-state index contributed by atoms with van der Waals surface area (Å²) in [5, 5.41) is 5.78. The van der Waals surface area contributed by atoms with Crippen LogP contribution < -0.4 is 20.3 Å². The molecule has 3 aromatic carbocycles. The number of carbonyl (C=O) groups is 2. The average Bonchev–Trinajstić information content (AvgIpc) is 3.21. The van der Waals surface area contributed by atoms with Crippen LogP contribution in [0.4, 0.5) is 14.9 Å². The molecule has 0 saturated carbocycles. The zero-order valence-corrected chi connectivity index (χ0v) is 20.0. The molecule has 0 aromatic heterocycles. The van der Waals surface area contributed by atoms with Crippen LogP contribution >= 0.6 is 0 Å². The Hall–Kier alpha value is -3.91. The number of halogens is 1. The van der Waals surface area contributed by atoms with E-state index in [1.165, 1.54) is 6.07 Å². The fourth-order valence-corrected chi connectivity index (χ4v) is 4.66. The molecule has 3 aromatic rings. The van der Waals surface area contributed by atoms with E-state index >= 15 is 0 Å². The topological polar surface area (TPSA) is 73.9 Å². The van der Waals surface area contributed by atoms with E-state index in [9.17, 15) is 14.0 Å². The summed E-state index contributed by atoms with van der Waals surface area (Å²) in [5.74, 6) is 0.400. The minimum atomic E-state index is -0.443. The van der Waals surface area contributed by atoms with Gasteiger partial charge in [-0.15, -0.1) is 0 Å². The number of para-hydroxylation sites is 1. The molecule has 1 fully saturated rings. The summed E-state index contributed by atoms with van der Waals surface area (Å²) < 4.78 is 20.7. The van der Waals surface area contributed by atoms with Gasteiger partial charge in [0, 0.05) is 56.1 Å². The van der Waals surface area contributed by atoms with E-state index in [0.29, 0.717) is 44.8 Å². The highest BCUT2D eigenvalue weighted by Gasteiger charge is 2.26. The van der Waals surface area contributed by atoms with Gasteiger partial charge in [-0.25, -0.2) is 9.18 Å². The third-order valence-electron chi connectivity index (χ3n) is 6.53. The Morgan fingerprint density at radius 2 is 1.83 bits per heavy atom. The summed E-state index contributed by atoms with van der Waals surface area (Å²) in [6.45, 7) is 3.52. The predicted molar refractivity (Wildman–Crippen MR) is 135 cm³/mol. The molecule has 8 heteroatoms. The van der Waals surface area contributed by atoms with Gasteiger partial charge < -0.3 is 15.4 Å². The van der Waals surface area contributed by atoms with E-state index < -0.39 is 6.10 Å². The second kappa shape index (κ2) is 10.8. The van der Waals surface area contributed by atoms with Gasteiger partial charge in [-0.1, -0.05) is 48.5 Å². The van der Waals surface area contributed by atoms with Crippen LogP contribution in [0.25, 0.3) is 0 Å². The van der Waals surface area contributed by atoms with Gasteiger partial charge in [0.25, 0.3) is 0 Å². The monoisotopic (exact) mass is 488 g/mol. The molecule has 3 amide bonds. The fraction of sp³-hybridized carbons (Fsp3) is 0.286. The predicted octanol–water partition coefficient (Wildman–Crippen LogP) is 3.65. The normalized spacial score (nSPS) is 17.6. The van der Waals surface area contributed by atoms with Gasteiger partial charge in [-0.3, -0.25) is 14.6 Å². The summed E-state index contributed by atoms with van der Waals surface area (Å²) >= 11 is 0. The van der Waals surface area contributed by atoms with Crippen molar-refractivity contribution in [3.8, 4) is 5.75 Å². The van der Waals surface area contributed by atoms with Crippen LogP contribution in [-0.2, 0) is 17.8 Å². The first-order valence-electron chi connectivity index (χ1n) is 12.2. The van der Waals surface area contributed by atoms with Crippen LogP contribution in [0.5, 0.6) is 5.75 Å². The number of nitrogens with one attached hydrogen (secondary N) is 2.